The maximum absolute atomic E-state index is 13.9. The van der Waals surface area contributed by atoms with Gasteiger partial charge in [-0.15, -0.1) is 0 Å². The first kappa shape index (κ1) is 24.7. The molecule has 4 aromatic rings. The van der Waals surface area contributed by atoms with Crippen molar-refractivity contribution in [3.8, 4) is 0 Å². The second-order valence-corrected chi connectivity index (χ2v) is 9.56. The largest absolute Gasteiger partial charge is 0.322 e. The number of anilines is 2. The summed E-state index contributed by atoms with van der Waals surface area (Å²) >= 11 is 0. The number of benzene rings is 4. The summed E-state index contributed by atoms with van der Waals surface area (Å²) in [4.78, 5) is 24.6. The number of rotatable bonds is 6. The second kappa shape index (κ2) is 10.1. The third-order valence-electron chi connectivity index (χ3n) is 5.29. The molecule has 0 saturated carbocycles. The minimum absolute atomic E-state index is 0.0498. The van der Waals surface area contributed by atoms with Gasteiger partial charge in [-0.2, -0.15) is 0 Å². The molecule has 0 bridgehead atoms. The second-order valence-electron chi connectivity index (χ2n) is 7.61. The summed E-state index contributed by atoms with van der Waals surface area (Å²) in [5, 5.41) is 3.24. The lowest BCUT2D eigenvalue weighted by atomic mass is 10.2. The van der Waals surface area contributed by atoms with E-state index in [1.165, 1.54) is 84.9 Å². The van der Waals surface area contributed by atoms with E-state index < -0.39 is 33.3 Å². The summed E-state index contributed by atoms with van der Waals surface area (Å²) in [6, 6.07) is 21.4. The lowest BCUT2D eigenvalue weighted by Crippen LogP contribution is -2.37. The van der Waals surface area contributed by atoms with E-state index in [1.54, 1.807) is 0 Å². The molecule has 0 aliphatic rings. The highest BCUT2D eigenvalue weighted by Gasteiger charge is 2.21. The van der Waals surface area contributed by atoms with Gasteiger partial charge in [-0.3, -0.25) is 9.59 Å². The molecule has 0 saturated heterocycles. The van der Waals surface area contributed by atoms with E-state index in [1.807, 2.05) is 0 Å². The monoisotopic (exact) mass is 507 g/mol. The smallest absolute Gasteiger partial charge is 0.275 e. The number of carbonyl (C=O) groups is 2. The Hall–Kier alpha value is -4.41. The molecule has 182 valence electrons. The third kappa shape index (κ3) is 4.99. The number of nitrogens with two attached hydrogens (primary N) is 1. The number of nitrogens with one attached hydrogen (secondary N) is 1. The van der Waals surface area contributed by atoms with E-state index in [-0.39, 0.29) is 32.3 Å². The summed E-state index contributed by atoms with van der Waals surface area (Å²) in [6.07, 6.45) is 0. The normalized spacial score (nSPS) is 11.1. The highest BCUT2D eigenvalue weighted by molar-refractivity contribution is 7.91. The molecule has 7 nitrogen and oxygen atoms in total. The lowest BCUT2D eigenvalue weighted by Gasteiger charge is -2.17. The van der Waals surface area contributed by atoms with Crippen LogP contribution in [-0.2, 0) is 9.84 Å². The van der Waals surface area contributed by atoms with Crippen LogP contribution in [0.2, 0.25) is 0 Å². The van der Waals surface area contributed by atoms with E-state index in [2.05, 4.69) is 5.32 Å². The zero-order chi connectivity index (χ0) is 25.9. The maximum Gasteiger partial charge on any atom is 0.275 e. The number of amides is 2. The average molecular weight is 508 g/mol. The van der Waals surface area contributed by atoms with Crippen molar-refractivity contribution in [2.45, 2.75) is 9.79 Å². The minimum Gasteiger partial charge on any atom is -0.322 e. The van der Waals surface area contributed by atoms with Gasteiger partial charge >= 0.3 is 0 Å². The van der Waals surface area contributed by atoms with Gasteiger partial charge in [-0.25, -0.2) is 28.1 Å². The van der Waals surface area contributed by atoms with Gasteiger partial charge in [-0.1, -0.05) is 24.3 Å². The predicted molar refractivity (Wildman–Crippen MR) is 130 cm³/mol. The molecular formula is C26H19F2N3O4S. The number of hydrogen-bond acceptors (Lipinski definition) is 5. The Morgan fingerprint density at radius 2 is 1.17 bits per heavy atom. The molecule has 0 heterocycles. The Kier molecular flexibility index (Phi) is 6.91. The van der Waals surface area contributed by atoms with Crippen LogP contribution in [0, 0.1) is 11.6 Å². The Labute approximate surface area is 205 Å². The van der Waals surface area contributed by atoms with Crippen LogP contribution in [0.25, 0.3) is 0 Å². The Morgan fingerprint density at radius 1 is 0.694 bits per heavy atom. The van der Waals surface area contributed by atoms with Crippen LogP contribution in [0.3, 0.4) is 0 Å². The molecule has 0 aliphatic heterocycles. The summed E-state index contributed by atoms with van der Waals surface area (Å²) < 4.78 is 53.7. The molecule has 0 fully saturated rings. The summed E-state index contributed by atoms with van der Waals surface area (Å²) in [5.74, 6) is 2.95. The zero-order valence-electron chi connectivity index (χ0n) is 18.6. The van der Waals surface area contributed by atoms with Gasteiger partial charge in [-0.05, 0) is 72.8 Å². The molecular weight excluding hydrogens is 488 g/mol. The van der Waals surface area contributed by atoms with Crippen molar-refractivity contribution in [1.29, 1.82) is 0 Å². The molecule has 36 heavy (non-hydrogen) atoms. The molecule has 4 rings (SSSR count). The van der Waals surface area contributed by atoms with Crippen molar-refractivity contribution in [3.63, 3.8) is 0 Å². The van der Waals surface area contributed by atoms with Crippen LogP contribution in [0.15, 0.2) is 107 Å². The van der Waals surface area contributed by atoms with Crippen molar-refractivity contribution in [2.24, 2.45) is 5.84 Å². The highest BCUT2D eigenvalue weighted by Crippen LogP contribution is 2.25. The van der Waals surface area contributed by atoms with Crippen molar-refractivity contribution in [2.75, 3.05) is 10.3 Å². The van der Waals surface area contributed by atoms with Gasteiger partial charge < -0.3 is 5.32 Å². The van der Waals surface area contributed by atoms with E-state index >= 15 is 0 Å². The molecule has 3 N–H and O–H groups in total. The van der Waals surface area contributed by atoms with Crippen molar-refractivity contribution < 1.29 is 26.8 Å². The Bertz CT molecular complexity index is 1540. The number of nitrogens with zero attached hydrogens (tertiary/aromatic N) is 1. The van der Waals surface area contributed by atoms with Crippen LogP contribution >= 0.6 is 0 Å². The van der Waals surface area contributed by atoms with Crippen molar-refractivity contribution >= 4 is 33.0 Å². The first-order valence-electron chi connectivity index (χ1n) is 10.5. The van der Waals surface area contributed by atoms with E-state index in [4.69, 9.17) is 5.84 Å². The van der Waals surface area contributed by atoms with Gasteiger partial charge in [0.05, 0.1) is 26.6 Å². The summed E-state index contributed by atoms with van der Waals surface area (Å²) in [5.41, 5.74) is 0.0759. The quantitative estimate of drug-likeness (QED) is 0.226. The van der Waals surface area contributed by atoms with Gasteiger partial charge in [0.15, 0.2) is 0 Å². The number of hydrogen-bond donors (Lipinski definition) is 2. The van der Waals surface area contributed by atoms with Gasteiger partial charge in [0.1, 0.15) is 11.6 Å². The maximum atomic E-state index is 13.9. The minimum atomic E-state index is -3.94. The van der Waals surface area contributed by atoms with Gasteiger partial charge in [0, 0.05) is 5.69 Å². The van der Waals surface area contributed by atoms with E-state index in [9.17, 15) is 26.8 Å². The van der Waals surface area contributed by atoms with E-state index in [0.29, 0.717) is 0 Å². The van der Waals surface area contributed by atoms with Crippen LogP contribution in [-0.4, -0.2) is 20.2 Å². The summed E-state index contributed by atoms with van der Waals surface area (Å²) in [7, 11) is -3.94. The molecule has 0 aromatic heterocycles. The van der Waals surface area contributed by atoms with Crippen LogP contribution in [0.4, 0.5) is 20.2 Å². The first-order valence-corrected chi connectivity index (χ1v) is 12.0. The molecule has 4 aromatic carbocycles. The van der Waals surface area contributed by atoms with Crippen LogP contribution in [0.1, 0.15) is 20.7 Å². The van der Waals surface area contributed by atoms with Crippen molar-refractivity contribution in [1.82, 2.24) is 0 Å². The van der Waals surface area contributed by atoms with Crippen LogP contribution < -0.4 is 16.2 Å². The molecule has 0 atom stereocenters. The topological polar surface area (TPSA) is 110 Å². The fourth-order valence-electron chi connectivity index (χ4n) is 3.36. The molecule has 0 radical (unpaired) electrons. The fraction of sp³-hybridized carbons (Fsp3) is 0. The number of sulfone groups is 1. The Morgan fingerprint density at radius 3 is 1.69 bits per heavy atom. The molecule has 2 amide bonds. The predicted octanol–water partition coefficient (Wildman–Crippen LogP) is 4.57. The number of carbonyl (C=O) groups excluding carboxylic acids is 2. The molecule has 0 spiro atoms. The first-order chi connectivity index (χ1) is 17.2. The SMILES string of the molecule is NN(C(=O)c1ccccc1F)c1ccc(S(=O)(=O)c2ccc(NC(=O)c3ccccc3F)cc2)cc1. The molecule has 0 aliphatic carbocycles. The van der Waals surface area contributed by atoms with Gasteiger partial charge in [0.25, 0.3) is 11.8 Å². The third-order valence-corrected chi connectivity index (χ3v) is 7.07. The standard InChI is InChI=1S/C26H19F2N3O4S/c27-23-7-3-1-5-21(23)25(32)30-17-9-13-19(14-10-17)36(34,35)20-15-11-18(12-16-20)31(29)26(33)22-6-2-4-8-24(22)28/h1-16H,29H2,(H,30,32). The zero-order valence-corrected chi connectivity index (χ0v) is 19.4. The molecule has 10 heteroatoms. The fourth-order valence-corrected chi connectivity index (χ4v) is 4.63. The average Bonchev–Trinajstić information content (AvgIpc) is 2.89. The van der Waals surface area contributed by atoms with Gasteiger partial charge in [0.2, 0.25) is 9.84 Å². The number of hydrazine groups is 1. The highest BCUT2D eigenvalue weighted by atomic mass is 32.2. The Balaban J connectivity index is 1.49. The number of halogens is 2. The van der Waals surface area contributed by atoms with Crippen LogP contribution in [0.5, 0.6) is 0 Å². The summed E-state index contributed by atoms with van der Waals surface area (Å²) in [6.45, 7) is 0. The van der Waals surface area contributed by atoms with E-state index in [0.717, 1.165) is 17.1 Å². The molecule has 0 unspecified atom stereocenters. The lowest BCUT2D eigenvalue weighted by molar-refractivity contribution is 0.0981. The van der Waals surface area contributed by atoms with Crippen molar-refractivity contribution in [3.05, 3.63) is 120 Å².